The van der Waals surface area contributed by atoms with Crippen LogP contribution in [0.3, 0.4) is 0 Å². The lowest BCUT2D eigenvalue weighted by atomic mass is 9.72. The summed E-state index contributed by atoms with van der Waals surface area (Å²) < 4.78 is 0. The van der Waals surface area contributed by atoms with E-state index < -0.39 is 17.8 Å². The highest BCUT2D eigenvalue weighted by atomic mass is 32.1. The Balaban J connectivity index is 2.31. The fraction of sp³-hybridized carbons (Fsp3) is 0.471. The molecule has 1 aromatic rings. The van der Waals surface area contributed by atoms with Crippen molar-refractivity contribution in [2.24, 2.45) is 17.1 Å². The van der Waals surface area contributed by atoms with Gasteiger partial charge in [-0.2, -0.15) is 0 Å². The summed E-state index contributed by atoms with van der Waals surface area (Å²) in [7, 11) is 0. The zero-order chi connectivity index (χ0) is 18.1. The molecule has 1 aliphatic carbocycles. The molecule has 2 rings (SSSR count). The monoisotopic (exact) mass is 350 g/mol. The molecule has 0 spiro atoms. The zero-order valence-electron chi connectivity index (χ0n) is 14.0. The van der Waals surface area contributed by atoms with Gasteiger partial charge in [-0.15, -0.1) is 11.3 Å². The molecule has 0 saturated heterocycles. The van der Waals surface area contributed by atoms with Crippen LogP contribution in [-0.4, -0.2) is 22.9 Å². The molecule has 0 aromatic carbocycles. The van der Waals surface area contributed by atoms with E-state index in [4.69, 9.17) is 10.8 Å². The Morgan fingerprint density at radius 2 is 1.96 bits per heavy atom. The van der Waals surface area contributed by atoms with Crippen LogP contribution in [0.5, 0.6) is 0 Å². The molecular formula is C17H22N2O4S. The van der Waals surface area contributed by atoms with Crippen LogP contribution in [0.25, 0.3) is 0 Å². The van der Waals surface area contributed by atoms with E-state index in [0.29, 0.717) is 16.5 Å². The molecule has 1 heterocycles. The van der Waals surface area contributed by atoms with E-state index in [2.05, 4.69) is 26.1 Å². The summed E-state index contributed by atoms with van der Waals surface area (Å²) in [6, 6.07) is 0. The molecule has 1 unspecified atom stereocenters. The van der Waals surface area contributed by atoms with Crippen LogP contribution in [0.15, 0.2) is 12.2 Å². The van der Waals surface area contributed by atoms with E-state index in [0.717, 1.165) is 41.9 Å². The van der Waals surface area contributed by atoms with Crippen molar-refractivity contribution in [3.63, 3.8) is 0 Å². The van der Waals surface area contributed by atoms with E-state index in [1.54, 1.807) is 0 Å². The average Bonchev–Trinajstić information content (AvgIpc) is 2.80. The fourth-order valence-corrected chi connectivity index (χ4v) is 4.31. The summed E-state index contributed by atoms with van der Waals surface area (Å²) >= 11 is 1.36. The van der Waals surface area contributed by atoms with E-state index >= 15 is 0 Å². The molecule has 24 heavy (non-hydrogen) atoms. The van der Waals surface area contributed by atoms with Crippen LogP contribution in [0.1, 0.15) is 48.0 Å². The second-order valence-corrected chi connectivity index (χ2v) is 8.14. The third-order valence-corrected chi connectivity index (χ3v) is 5.52. The van der Waals surface area contributed by atoms with Crippen molar-refractivity contribution in [1.29, 1.82) is 0 Å². The summed E-state index contributed by atoms with van der Waals surface area (Å²) in [5.41, 5.74) is 6.96. The summed E-state index contributed by atoms with van der Waals surface area (Å²) in [4.78, 5) is 35.2. The van der Waals surface area contributed by atoms with Crippen molar-refractivity contribution >= 4 is 34.1 Å². The molecule has 0 radical (unpaired) electrons. The van der Waals surface area contributed by atoms with Crippen LogP contribution >= 0.6 is 11.3 Å². The van der Waals surface area contributed by atoms with Crippen LogP contribution in [0.2, 0.25) is 0 Å². The minimum absolute atomic E-state index is 0.169. The minimum atomic E-state index is -1.21. The Morgan fingerprint density at radius 1 is 1.29 bits per heavy atom. The molecule has 1 atom stereocenters. The molecule has 130 valence electrons. The van der Waals surface area contributed by atoms with Gasteiger partial charge in [0.05, 0.1) is 5.56 Å². The molecule has 4 N–H and O–H groups in total. The molecule has 0 aliphatic heterocycles. The highest BCUT2D eigenvalue weighted by Crippen LogP contribution is 2.44. The zero-order valence-corrected chi connectivity index (χ0v) is 14.8. The molecule has 0 saturated carbocycles. The molecule has 0 fully saturated rings. The van der Waals surface area contributed by atoms with Gasteiger partial charge in [0.15, 0.2) is 0 Å². The van der Waals surface area contributed by atoms with Crippen molar-refractivity contribution in [3.8, 4) is 0 Å². The van der Waals surface area contributed by atoms with Gasteiger partial charge in [-0.05, 0) is 36.2 Å². The third-order valence-electron chi connectivity index (χ3n) is 4.35. The molecule has 0 bridgehead atoms. The molecule has 1 aromatic heterocycles. The van der Waals surface area contributed by atoms with E-state index in [9.17, 15) is 14.4 Å². The maximum atomic E-state index is 11.8. The number of aliphatic carboxylic acids is 1. The lowest BCUT2D eigenvalue weighted by Crippen LogP contribution is -2.27. The summed E-state index contributed by atoms with van der Waals surface area (Å²) in [5, 5.41) is 11.6. The highest BCUT2D eigenvalue weighted by Gasteiger charge is 2.33. The quantitative estimate of drug-likeness (QED) is 0.725. The summed E-state index contributed by atoms with van der Waals surface area (Å²) in [6.07, 6.45) is 4.25. The first-order valence-electron chi connectivity index (χ1n) is 7.76. The number of carbonyl (C=O) groups is 3. The Bertz CT molecular complexity index is 713. The lowest BCUT2D eigenvalue weighted by molar-refractivity contribution is -0.131. The SMILES string of the molecule is CC(C)(C)C1CCc2c(sc(NC(=O)C=CC(=O)O)c2C(N)=O)C1. The highest BCUT2D eigenvalue weighted by molar-refractivity contribution is 7.17. The van der Waals surface area contributed by atoms with Gasteiger partial charge in [0, 0.05) is 17.0 Å². The number of primary amides is 1. The van der Waals surface area contributed by atoms with E-state index in [-0.39, 0.29) is 5.41 Å². The largest absolute Gasteiger partial charge is 0.478 e. The lowest BCUT2D eigenvalue weighted by Gasteiger charge is -2.33. The first-order chi connectivity index (χ1) is 11.1. The number of nitrogens with two attached hydrogens (primary N) is 1. The smallest absolute Gasteiger partial charge is 0.328 e. The summed E-state index contributed by atoms with van der Waals surface area (Å²) in [6.45, 7) is 6.60. The molecule has 6 nitrogen and oxygen atoms in total. The van der Waals surface area contributed by atoms with E-state index in [1.807, 2.05) is 0 Å². The summed E-state index contributed by atoms with van der Waals surface area (Å²) in [5.74, 6) is -1.87. The number of fused-ring (bicyclic) bond motifs is 1. The number of rotatable bonds is 4. The van der Waals surface area contributed by atoms with Crippen LogP contribution in [0, 0.1) is 11.3 Å². The number of hydrogen-bond donors (Lipinski definition) is 3. The number of hydrogen-bond acceptors (Lipinski definition) is 4. The van der Waals surface area contributed by atoms with Crippen LogP contribution < -0.4 is 11.1 Å². The maximum Gasteiger partial charge on any atom is 0.328 e. The number of thiophene rings is 1. The Labute approximate surface area is 144 Å². The van der Waals surface area contributed by atoms with Crippen LogP contribution in [0.4, 0.5) is 5.00 Å². The number of carboxylic acids is 1. The third kappa shape index (κ3) is 4.03. The van der Waals surface area contributed by atoms with Gasteiger partial charge < -0.3 is 16.2 Å². The Kier molecular flexibility index (Phi) is 5.13. The Hall–Kier alpha value is -2.15. The van der Waals surface area contributed by atoms with Gasteiger partial charge >= 0.3 is 5.97 Å². The average molecular weight is 350 g/mol. The van der Waals surface area contributed by atoms with Crippen molar-refractivity contribution in [1.82, 2.24) is 0 Å². The number of anilines is 1. The molecule has 1 aliphatic rings. The molecule has 7 heteroatoms. The van der Waals surface area contributed by atoms with Gasteiger partial charge in [-0.3, -0.25) is 9.59 Å². The second kappa shape index (κ2) is 6.76. The standard InChI is InChI=1S/C17H22N2O4S/c1-17(2,3)9-4-5-10-11(8-9)24-16(14(10)15(18)23)19-12(20)6-7-13(21)22/h6-7,9H,4-5,8H2,1-3H3,(H2,18,23)(H,19,20)(H,21,22). The molecule has 2 amide bonds. The Morgan fingerprint density at radius 3 is 2.50 bits per heavy atom. The number of carboxylic acid groups (broad SMARTS) is 1. The van der Waals surface area contributed by atoms with Crippen LogP contribution in [-0.2, 0) is 22.4 Å². The minimum Gasteiger partial charge on any atom is -0.478 e. The van der Waals surface area contributed by atoms with Crippen molar-refractivity contribution < 1.29 is 19.5 Å². The number of nitrogens with one attached hydrogen (secondary N) is 1. The van der Waals surface area contributed by atoms with Gasteiger partial charge in [0.2, 0.25) is 5.91 Å². The number of amides is 2. The predicted molar refractivity (Wildman–Crippen MR) is 93.2 cm³/mol. The predicted octanol–water partition coefficient (Wildman–Crippen LogP) is 2.58. The first kappa shape index (κ1) is 18.2. The fourth-order valence-electron chi connectivity index (χ4n) is 2.97. The van der Waals surface area contributed by atoms with E-state index in [1.165, 1.54) is 11.3 Å². The topological polar surface area (TPSA) is 109 Å². The van der Waals surface area contributed by atoms with Gasteiger partial charge in [-0.25, -0.2) is 4.79 Å². The second-order valence-electron chi connectivity index (χ2n) is 7.04. The first-order valence-corrected chi connectivity index (χ1v) is 8.57. The normalized spacial score (nSPS) is 17.5. The van der Waals surface area contributed by atoms with Gasteiger partial charge in [-0.1, -0.05) is 20.8 Å². The maximum absolute atomic E-state index is 11.8. The molecular weight excluding hydrogens is 328 g/mol. The van der Waals surface area contributed by atoms with Crippen molar-refractivity contribution in [2.45, 2.75) is 40.0 Å². The van der Waals surface area contributed by atoms with Crippen molar-refractivity contribution in [3.05, 3.63) is 28.2 Å². The van der Waals surface area contributed by atoms with Gasteiger partial charge in [0.25, 0.3) is 5.91 Å². The van der Waals surface area contributed by atoms with Crippen molar-refractivity contribution in [2.75, 3.05) is 5.32 Å². The van der Waals surface area contributed by atoms with Gasteiger partial charge in [0.1, 0.15) is 5.00 Å². The number of carbonyl (C=O) groups excluding carboxylic acids is 2.